The largest absolute Gasteiger partial charge is 0.490 e. The minimum absolute atomic E-state index is 0.0775. The van der Waals surface area contributed by atoms with Crippen molar-refractivity contribution in [2.75, 3.05) is 37.9 Å². The van der Waals surface area contributed by atoms with Crippen LogP contribution >= 0.6 is 0 Å². The second kappa shape index (κ2) is 6.40. The number of methoxy groups -OCH3 is 1. The Hall–Kier alpha value is -2.05. The summed E-state index contributed by atoms with van der Waals surface area (Å²) in [6.45, 7) is 3.63. The summed E-state index contributed by atoms with van der Waals surface area (Å²) in [4.78, 5) is 22.0. The van der Waals surface area contributed by atoms with Gasteiger partial charge in [0.2, 0.25) is 11.7 Å². The summed E-state index contributed by atoms with van der Waals surface area (Å²) in [5.41, 5.74) is 0. The summed E-state index contributed by atoms with van der Waals surface area (Å²) < 4.78 is 5.37. The van der Waals surface area contributed by atoms with Gasteiger partial charge in [0.1, 0.15) is 12.4 Å². The normalized spacial score (nSPS) is 18.2. The predicted molar refractivity (Wildman–Crippen MR) is 77.0 cm³/mol. The van der Waals surface area contributed by atoms with Crippen molar-refractivity contribution in [3.8, 4) is 5.75 Å². The lowest BCUT2D eigenvalue weighted by Gasteiger charge is -2.17. The first-order chi connectivity index (χ1) is 9.67. The van der Waals surface area contributed by atoms with Crippen LogP contribution in [-0.4, -0.2) is 54.1 Å². The summed E-state index contributed by atoms with van der Waals surface area (Å²) in [5.74, 6) is 1.82. The van der Waals surface area contributed by atoms with Gasteiger partial charge in [0.25, 0.3) is 0 Å². The number of likely N-dealkylation sites (tertiary alicyclic amines) is 1. The molecule has 1 unspecified atom stereocenters. The predicted octanol–water partition coefficient (Wildman–Crippen LogP) is 0.950. The molecule has 1 aromatic rings. The summed E-state index contributed by atoms with van der Waals surface area (Å²) in [5, 5.41) is 6.34. The smallest absolute Gasteiger partial charge is 0.244 e. The summed E-state index contributed by atoms with van der Waals surface area (Å²) >= 11 is 0. The first-order valence-corrected chi connectivity index (χ1v) is 6.81. The van der Waals surface area contributed by atoms with Gasteiger partial charge in [-0.25, -0.2) is 9.97 Å². The standard InChI is InChI=1S/C13H21N5O2/c1-4-6-14-11-10(20-3)12(16-8-15-11)17-9-5-7-18(2)13(9)19/h8-9H,4-7H2,1-3H3,(H2,14,15,16,17). The maximum Gasteiger partial charge on any atom is 0.244 e. The highest BCUT2D eigenvalue weighted by atomic mass is 16.5. The van der Waals surface area contributed by atoms with Crippen molar-refractivity contribution in [2.24, 2.45) is 0 Å². The minimum atomic E-state index is -0.247. The molecule has 2 N–H and O–H groups in total. The Balaban J connectivity index is 2.16. The van der Waals surface area contributed by atoms with Crippen LogP contribution in [0.3, 0.4) is 0 Å². The molecule has 0 radical (unpaired) electrons. The van der Waals surface area contributed by atoms with E-state index in [1.807, 2.05) is 0 Å². The van der Waals surface area contributed by atoms with Gasteiger partial charge >= 0.3 is 0 Å². The van der Waals surface area contributed by atoms with Crippen LogP contribution in [0.4, 0.5) is 11.6 Å². The van der Waals surface area contributed by atoms with E-state index in [-0.39, 0.29) is 11.9 Å². The van der Waals surface area contributed by atoms with Crippen molar-refractivity contribution in [3.05, 3.63) is 6.33 Å². The number of anilines is 2. The lowest BCUT2D eigenvalue weighted by Crippen LogP contribution is -2.31. The van der Waals surface area contributed by atoms with Gasteiger partial charge in [-0.2, -0.15) is 0 Å². The number of hydrogen-bond acceptors (Lipinski definition) is 6. The van der Waals surface area contributed by atoms with Crippen LogP contribution in [-0.2, 0) is 4.79 Å². The lowest BCUT2D eigenvalue weighted by molar-refractivity contribution is -0.127. The van der Waals surface area contributed by atoms with E-state index in [1.165, 1.54) is 6.33 Å². The molecule has 7 heteroatoms. The fourth-order valence-electron chi connectivity index (χ4n) is 2.16. The van der Waals surface area contributed by atoms with E-state index in [0.717, 1.165) is 25.9 Å². The number of carbonyl (C=O) groups excluding carboxylic acids is 1. The summed E-state index contributed by atoms with van der Waals surface area (Å²) in [6, 6.07) is -0.247. The van der Waals surface area contributed by atoms with E-state index in [9.17, 15) is 4.79 Å². The molecule has 7 nitrogen and oxygen atoms in total. The van der Waals surface area contributed by atoms with Crippen molar-refractivity contribution in [1.82, 2.24) is 14.9 Å². The molecule has 2 heterocycles. The maximum absolute atomic E-state index is 11.9. The van der Waals surface area contributed by atoms with Crippen LogP contribution in [0.1, 0.15) is 19.8 Å². The molecule has 1 aliphatic heterocycles. The van der Waals surface area contributed by atoms with Crippen molar-refractivity contribution >= 4 is 17.5 Å². The van der Waals surface area contributed by atoms with Crippen LogP contribution in [0.5, 0.6) is 5.75 Å². The van der Waals surface area contributed by atoms with E-state index in [0.29, 0.717) is 17.4 Å². The molecule has 110 valence electrons. The van der Waals surface area contributed by atoms with Gasteiger partial charge in [-0.3, -0.25) is 4.79 Å². The third-order valence-corrected chi connectivity index (χ3v) is 3.29. The van der Waals surface area contributed by atoms with Crippen LogP contribution in [0.2, 0.25) is 0 Å². The Morgan fingerprint density at radius 3 is 2.80 bits per heavy atom. The zero-order valence-electron chi connectivity index (χ0n) is 12.1. The Bertz CT molecular complexity index is 480. The van der Waals surface area contributed by atoms with Gasteiger partial charge in [0.15, 0.2) is 11.6 Å². The average molecular weight is 279 g/mol. The Morgan fingerprint density at radius 2 is 2.20 bits per heavy atom. The highest BCUT2D eigenvalue weighted by Crippen LogP contribution is 2.30. The van der Waals surface area contributed by atoms with Crippen LogP contribution in [0.25, 0.3) is 0 Å². The van der Waals surface area contributed by atoms with Gasteiger partial charge in [0.05, 0.1) is 7.11 Å². The Kier molecular flexibility index (Phi) is 4.60. The number of amides is 1. The van der Waals surface area contributed by atoms with Crippen LogP contribution in [0, 0.1) is 0 Å². The number of likely N-dealkylation sites (N-methyl/N-ethyl adjacent to an activating group) is 1. The molecule has 0 spiro atoms. The molecule has 1 aromatic heterocycles. The number of rotatable bonds is 6. The van der Waals surface area contributed by atoms with Crippen molar-refractivity contribution in [3.63, 3.8) is 0 Å². The molecule has 1 fully saturated rings. The third-order valence-electron chi connectivity index (χ3n) is 3.29. The fraction of sp³-hybridized carbons (Fsp3) is 0.615. The second-order valence-electron chi connectivity index (χ2n) is 4.78. The number of ether oxygens (including phenoxy) is 1. The molecule has 0 bridgehead atoms. The molecule has 1 atom stereocenters. The number of nitrogens with zero attached hydrogens (tertiary/aromatic N) is 3. The second-order valence-corrected chi connectivity index (χ2v) is 4.78. The van der Waals surface area contributed by atoms with E-state index in [4.69, 9.17) is 4.74 Å². The zero-order chi connectivity index (χ0) is 14.5. The van der Waals surface area contributed by atoms with E-state index in [2.05, 4.69) is 27.5 Å². The number of carbonyl (C=O) groups is 1. The highest BCUT2D eigenvalue weighted by Gasteiger charge is 2.30. The van der Waals surface area contributed by atoms with E-state index in [1.54, 1.807) is 19.1 Å². The van der Waals surface area contributed by atoms with Crippen molar-refractivity contribution in [1.29, 1.82) is 0 Å². The molecule has 20 heavy (non-hydrogen) atoms. The van der Waals surface area contributed by atoms with Gasteiger partial charge in [0, 0.05) is 20.1 Å². The van der Waals surface area contributed by atoms with Crippen LogP contribution in [0.15, 0.2) is 6.33 Å². The third kappa shape index (κ3) is 2.92. The number of hydrogen-bond donors (Lipinski definition) is 2. The lowest BCUT2D eigenvalue weighted by atomic mass is 10.2. The van der Waals surface area contributed by atoms with Gasteiger partial charge in [-0.15, -0.1) is 0 Å². The highest BCUT2D eigenvalue weighted by molar-refractivity contribution is 5.86. The quantitative estimate of drug-likeness (QED) is 0.807. The van der Waals surface area contributed by atoms with Crippen LogP contribution < -0.4 is 15.4 Å². The summed E-state index contributed by atoms with van der Waals surface area (Å²) in [6.07, 6.45) is 3.22. The zero-order valence-corrected chi connectivity index (χ0v) is 12.1. The first-order valence-electron chi connectivity index (χ1n) is 6.81. The number of nitrogens with one attached hydrogen (secondary N) is 2. The molecule has 0 aliphatic carbocycles. The maximum atomic E-state index is 11.9. The van der Waals surface area contributed by atoms with Gasteiger partial charge < -0.3 is 20.3 Å². The monoisotopic (exact) mass is 279 g/mol. The SMILES string of the molecule is CCCNc1ncnc(NC2CCN(C)C2=O)c1OC. The molecular weight excluding hydrogens is 258 g/mol. The fourth-order valence-corrected chi connectivity index (χ4v) is 2.16. The molecule has 1 aliphatic rings. The average Bonchev–Trinajstić information content (AvgIpc) is 2.77. The van der Waals surface area contributed by atoms with E-state index >= 15 is 0 Å². The summed E-state index contributed by atoms with van der Waals surface area (Å²) in [7, 11) is 3.37. The molecule has 1 saturated heterocycles. The first kappa shape index (κ1) is 14.4. The van der Waals surface area contributed by atoms with Crippen molar-refractivity contribution < 1.29 is 9.53 Å². The minimum Gasteiger partial charge on any atom is -0.490 e. The van der Waals surface area contributed by atoms with Gasteiger partial charge in [-0.1, -0.05) is 6.92 Å². The topological polar surface area (TPSA) is 79.4 Å². The van der Waals surface area contributed by atoms with E-state index < -0.39 is 0 Å². The van der Waals surface area contributed by atoms with Gasteiger partial charge in [-0.05, 0) is 12.8 Å². The molecule has 0 aromatic carbocycles. The Labute approximate surface area is 118 Å². The molecule has 0 saturated carbocycles. The molecular formula is C13H21N5O2. The number of aromatic nitrogens is 2. The van der Waals surface area contributed by atoms with Crippen molar-refractivity contribution in [2.45, 2.75) is 25.8 Å². The molecule has 2 rings (SSSR count). The molecule has 1 amide bonds. The Morgan fingerprint density at radius 1 is 1.45 bits per heavy atom.